The molecular weight excluding hydrogens is 324 g/mol. The van der Waals surface area contributed by atoms with Crippen LogP contribution in [0.15, 0.2) is 17.0 Å². The second kappa shape index (κ2) is 5.78. The molecule has 110 valence electrons. The molecule has 1 amide bonds. The zero-order valence-electron chi connectivity index (χ0n) is 10.2. The molecule has 0 saturated carbocycles. The molecule has 2 N–H and O–H groups in total. The topological polar surface area (TPSA) is 77.8 Å². The van der Waals surface area contributed by atoms with Gasteiger partial charge in [-0.2, -0.15) is 0 Å². The lowest BCUT2D eigenvalue weighted by Gasteiger charge is -2.10. The highest BCUT2D eigenvalue weighted by molar-refractivity contribution is 8.26. The molecule has 0 spiro atoms. The number of aromatic hydroxyl groups is 1. The van der Waals surface area contributed by atoms with Crippen molar-refractivity contribution in [1.82, 2.24) is 4.90 Å². The van der Waals surface area contributed by atoms with E-state index in [0.29, 0.717) is 0 Å². The summed E-state index contributed by atoms with van der Waals surface area (Å²) < 4.78 is 26.5. The van der Waals surface area contributed by atoms with Crippen molar-refractivity contribution in [3.8, 4) is 5.75 Å². The zero-order chi connectivity index (χ0) is 15.7. The number of thioether (sulfide) groups is 1. The number of phenols is 1. The SMILES string of the molecule is O=C(O)CN1C(=O)/C(=C/c2cc(F)c(O)c(F)c2)SC1=S. The Bertz CT molecular complexity index is 667. The number of halogens is 2. The quantitative estimate of drug-likeness (QED) is 0.651. The molecular formula is C12H7F2NO4S2. The molecule has 1 fully saturated rings. The Kier molecular flexibility index (Phi) is 4.24. The molecule has 0 radical (unpaired) electrons. The van der Waals surface area contributed by atoms with Crippen LogP contribution in [0.3, 0.4) is 0 Å². The number of aliphatic carboxylic acids is 1. The number of phenolic OH excluding ortho intramolecular Hbond substituents is 1. The maximum Gasteiger partial charge on any atom is 0.323 e. The molecule has 9 heteroatoms. The Morgan fingerprint density at radius 2 is 1.95 bits per heavy atom. The van der Waals surface area contributed by atoms with Crippen molar-refractivity contribution in [3.05, 3.63) is 34.2 Å². The first-order valence-electron chi connectivity index (χ1n) is 5.44. The van der Waals surface area contributed by atoms with E-state index in [1.807, 2.05) is 0 Å². The molecule has 5 nitrogen and oxygen atoms in total. The molecule has 0 bridgehead atoms. The highest BCUT2D eigenvalue weighted by atomic mass is 32.2. The fraction of sp³-hybridized carbons (Fsp3) is 0.0833. The number of carboxylic acid groups (broad SMARTS) is 1. The van der Waals surface area contributed by atoms with E-state index in [-0.39, 0.29) is 14.8 Å². The third kappa shape index (κ3) is 3.19. The summed E-state index contributed by atoms with van der Waals surface area (Å²) in [5, 5.41) is 17.7. The summed E-state index contributed by atoms with van der Waals surface area (Å²) in [6.45, 7) is -0.583. The number of nitrogens with zero attached hydrogens (tertiary/aromatic N) is 1. The number of carbonyl (C=O) groups is 2. The van der Waals surface area contributed by atoms with Crippen LogP contribution in [0, 0.1) is 11.6 Å². The van der Waals surface area contributed by atoms with Crippen molar-refractivity contribution < 1.29 is 28.6 Å². The van der Waals surface area contributed by atoms with E-state index < -0.39 is 35.8 Å². The largest absolute Gasteiger partial charge is 0.503 e. The Balaban J connectivity index is 2.33. The number of hydrogen-bond donors (Lipinski definition) is 2. The summed E-state index contributed by atoms with van der Waals surface area (Å²) in [6.07, 6.45) is 1.17. The summed E-state index contributed by atoms with van der Waals surface area (Å²) in [4.78, 5) is 23.5. The number of carbonyl (C=O) groups excluding carboxylic acids is 1. The van der Waals surface area contributed by atoms with Gasteiger partial charge in [0.15, 0.2) is 17.4 Å². The lowest BCUT2D eigenvalue weighted by Crippen LogP contribution is -2.33. The third-order valence-corrected chi connectivity index (χ3v) is 3.88. The van der Waals surface area contributed by atoms with Crippen LogP contribution < -0.4 is 0 Å². The Morgan fingerprint density at radius 1 is 1.38 bits per heavy atom. The van der Waals surface area contributed by atoms with Gasteiger partial charge in [-0.25, -0.2) is 8.78 Å². The van der Waals surface area contributed by atoms with Crippen LogP contribution in [0.4, 0.5) is 8.78 Å². The predicted molar refractivity (Wildman–Crippen MR) is 75.5 cm³/mol. The smallest absolute Gasteiger partial charge is 0.323 e. The number of hydrogen-bond acceptors (Lipinski definition) is 5. The highest BCUT2D eigenvalue weighted by Crippen LogP contribution is 2.33. The van der Waals surface area contributed by atoms with Crippen LogP contribution in [0.1, 0.15) is 5.56 Å². The average Bonchev–Trinajstić information content (AvgIpc) is 2.63. The molecule has 0 atom stereocenters. The van der Waals surface area contributed by atoms with Gasteiger partial charge in [0.1, 0.15) is 10.9 Å². The van der Waals surface area contributed by atoms with Crippen molar-refractivity contribution in [2.45, 2.75) is 0 Å². The van der Waals surface area contributed by atoms with Crippen molar-refractivity contribution in [2.75, 3.05) is 6.54 Å². The number of carboxylic acids is 1. The third-order valence-electron chi connectivity index (χ3n) is 2.50. The van der Waals surface area contributed by atoms with Crippen molar-refractivity contribution >= 4 is 46.3 Å². The predicted octanol–water partition coefficient (Wildman–Crippen LogP) is 1.96. The molecule has 1 saturated heterocycles. The highest BCUT2D eigenvalue weighted by Gasteiger charge is 2.33. The summed E-state index contributed by atoms with van der Waals surface area (Å²) in [7, 11) is 0. The molecule has 0 aliphatic carbocycles. The van der Waals surface area contributed by atoms with Crippen LogP contribution in [0.25, 0.3) is 6.08 Å². The molecule has 2 rings (SSSR count). The van der Waals surface area contributed by atoms with E-state index in [0.717, 1.165) is 28.8 Å². The van der Waals surface area contributed by atoms with Gasteiger partial charge in [0.05, 0.1) is 4.91 Å². The molecule has 1 aromatic rings. The van der Waals surface area contributed by atoms with Crippen molar-refractivity contribution in [2.24, 2.45) is 0 Å². The maximum absolute atomic E-state index is 13.2. The van der Waals surface area contributed by atoms with E-state index >= 15 is 0 Å². The van der Waals surface area contributed by atoms with Gasteiger partial charge in [0.25, 0.3) is 5.91 Å². The van der Waals surface area contributed by atoms with E-state index in [1.165, 1.54) is 6.08 Å². The van der Waals surface area contributed by atoms with Gasteiger partial charge in [0, 0.05) is 0 Å². The summed E-state index contributed by atoms with van der Waals surface area (Å²) in [5.41, 5.74) is 0.0126. The van der Waals surface area contributed by atoms with Crippen LogP contribution in [0.2, 0.25) is 0 Å². The number of benzene rings is 1. The van der Waals surface area contributed by atoms with Gasteiger partial charge in [-0.3, -0.25) is 14.5 Å². The van der Waals surface area contributed by atoms with Gasteiger partial charge in [0.2, 0.25) is 0 Å². The van der Waals surface area contributed by atoms with Gasteiger partial charge in [-0.05, 0) is 23.8 Å². The molecule has 0 unspecified atom stereocenters. The van der Waals surface area contributed by atoms with Crippen LogP contribution in [-0.2, 0) is 9.59 Å². The fourth-order valence-electron chi connectivity index (χ4n) is 1.59. The lowest BCUT2D eigenvalue weighted by molar-refractivity contribution is -0.140. The normalized spacial score (nSPS) is 16.9. The second-order valence-corrected chi connectivity index (χ2v) is 5.67. The molecule has 0 aromatic heterocycles. The first kappa shape index (κ1) is 15.4. The monoisotopic (exact) mass is 331 g/mol. The summed E-state index contributed by atoms with van der Waals surface area (Å²) in [5.74, 6) is -5.31. The summed E-state index contributed by atoms with van der Waals surface area (Å²) >= 11 is 5.71. The Morgan fingerprint density at radius 3 is 2.48 bits per heavy atom. The van der Waals surface area contributed by atoms with Gasteiger partial charge < -0.3 is 10.2 Å². The minimum atomic E-state index is -1.23. The van der Waals surface area contributed by atoms with E-state index in [2.05, 4.69) is 0 Å². The molecule has 21 heavy (non-hydrogen) atoms. The van der Waals surface area contributed by atoms with E-state index in [4.69, 9.17) is 22.4 Å². The molecule has 1 aliphatic rings. The maximum atomic E-state index is 13.2. The van der Waals surface area contributed by atoms with Crippen LogP contribution in [-0.4, -0.2) is 37.9 Å². The van der Waals surface area contributed by atoms with Crippen molar-refractivity contribution in [1.29, 1.82) is 0 Å². The number of amides is 1. The minimum Gasteiger partial charge on any atom is -0.503 e. The second-order valence-electron chi connectivity index (χ2n) is 3.99. The first-order valence-corrected chi connectivity index (χ1v) is 6.67. The fourth-order valence-corrected chi connectivity index (χ4v) is 2.85. The van der Waals surface area contributed by atoms with E-state index in [9.17, 15) is 18.4 Å². The molecule has 1 aliphatic heterocycles. The first-order chi connectivity index (χ1) is 9.79. The zero-order valence-corrected chi connectivity index (χ0v) is 11.8. The Labute approximate surface area is 126 Å². The molecule has 1 heterocycles. The van der Waals surface area contributed by atoms with Crippen LogP contribution >= 0.6 is 24.0 Å². The average molecular weight is 331 g/mol. The Hall–Kier alpha value is -2.00. The van der Waals surface area contributed by atoms with Gasteiger partial charge >= 0.3 is 5.97 Å². The van der Waals surface area contributed by atoms with Crippen molar-refractivity contribution in [3.63, 3.8) is 0 Å². The lowest BCUT2D eigenvalue weighted by atomic mass is 10.2. The molecule has 1 aromatic carbocycles. The van der Waals surface area contributed by atoms with Crippen LogP contribution in [0.5, 0.6) is 5.75 Å². The van der Waals surface area contributed by atoms with E-state index in [1.54, 1.807) is 0 Å². The minimum absolute atomic E-state index is 0.0126. The standard InChI is InChI=1S/C12H7F2NO4S2/c13-6-1-5(2-7(14)10(6)18)3-8-11(19)15(4-9(16)17)12(20)21-8/h1-3,18H,4H2,(H,16,17)/b8-3-. The number of rotatable bonds is 3. The number of thiocarbonyl (C=S) groups is 1. The van der Waals surface area contributed by atoms with Gasteiger partial charge in [-0.1, -0.05) is 24.0 Å². The summed E-state index contributed by atoms with van der Waals surface area (Å²) in [6, 6.07) is 1.70. The van der Waals surface area contributed by atoms with Gasteiger partial charge in [-0.15, -0.1) is 0 Å².